The van der Waals surface area contributed by atoms with Crippen molar-refractivity contribution in [3.63, 3.8) is 0 Å². The van der Waals surface area contributed by atoms with E-state index in [-0.39, 0.29) is 0 Å². The third-order valence-electron chi connectivity index (χ3n) is 5.03. The minimum absolute atomic E-state index is 0.595. The number of hydrogen-bond acceptors (Lipinski definition) is 5. The molecular formula is C27H29NO3S. The molecule has 0 bridgehead atoms. The monoisotopic (exact) mass is 447 g/mol. The van der Waals surface area contributed by atoms with E-state index in [1.807, 2.05) is 91.0 Å². The number of thioether (sulfide) groups is 1. The Balaban J connectivity index is 2.14. The first kappa shape index (κ1) is 23.8. The van der Waals surface area contributed by atoms with Crippen molar-refractivity contribution in [2.24, 2.45) is 11.7 Å². The number of carbonyl (C=O) groups excluding carboxylic acids is 2. The summed E-state index contributed by atoms with van der Waals surface area (Å²) in [5.74, 6) is -1.72. The number of carbonyl (C=O) groups is 2. The van der Waals surface area contributed by atoms with E-state index < -0.39 is 27.6 Å². The molecule has 0 saturated heterocycles. The van der Waals surface area contributed by atoms with Gasteiger partial charge >= 0.3 is 5.97 Å². The first-order valence-corrected chi connectivity index (χ1v) is 11.4. The van der Waals surface area contributed by atoms with Gasteiger partial charge in [0.15, 0.2) is 0 Å². The molecule has 3 aromatic carbocycles. The molecule has 166 valence electrons. The Hall–Kier alpha value is -2.89. The van der Waals surface area contributed by atoms with E-state index in [1.165, 1.54) is 11.8 Å². The maximum absolute atomic E-state index is 12.8. The van der Waals surface area contributed by atoms with Gasteiger partial charge < -0.3 is 15.3 Å². The van der Waals surface area contributed by atoms with Gasteiger partial charge in [-0.05, 0) is 37.5 Å². The number of nitrogens with two attached hydrogens (primary N) is 1. The van der Waals surface area contributed by atoms with Crippen LogP contribution in [0.2, 0.25) is 0 Å². The molecular weight excluding hydrogens is 418 g/mol. The Morgan fingerprint density at radius 1 is 0.812 bits per heavy atom. The predicted molar refractivity (Wildman–Crippen MR) is 130 cm³/mol. The molecule has 0 heterocycles. The van der Waals surface area contributed by atoms with Crippen molar-refractivity contribution < 1.29 is 14.3 Å². The summed E-state index contributed by atoms with van der Waals surface area (Å²) in [7, 11) is 0. The first-order valence-electron chi connectivity index (χ1n) is 10.6. The quantitative estimate of drug-likeness (QED) is 0.170. The van der Waals surface area contributed by atoms with Crippen LogP contribution in [0, 0.1) is 5.92 Å². The zero-order chi connectivity index (χ0) is 23.2. The number of benzene rings is 3. The summed E-state index contributed by atoms with van der Waals surface area (Å²) in [6.07, 6.45) is 0.595. The Bertz CT molecular complexity index is 920. The van der Waals surface area contributed by atoms with Crippen molar-refractivity contribution in [3.05, 3.63) is 108 Å². The van der Waals surface area contributed by atoms with Crippen molar-refractivity contribution in [3.8, 4) is 0 Å². The van der Waals surface area contributed by atoms with Crippen LogP contribution in [-0.2, 0) is 19.1 Å². The summed E-state index contributed by atoms with van der Waals surface area (Å²) in [6.45, 7) is 5.31. The van der Waals surface area contributed by atoms with Gasteiger partial charge in [-0.3, -0.25) is 4.79 Å². The SMILES string of the molecule is CC(C)(C)OC(=O)C(C=O)C(N)SC(c1ccccc1)(c1ccccc1)c1ccccc1. The molecule has 2 N–H and O–H groups in total. The molecule has 5 heteroatoms. The summed E-state index contributed by atoms with van der Waals surface area (Å²) in [4.78, 5) is 24.8. The highest BCUT2D eigenvalue weighted by Gasteiger charge is 2.42. The van der Waals surface area contributed by atoms with Gasteiger partial charge in [0, 0.05) is 0 Å². The number of hydrogen-bond donors (Lipinski definition) is 1. The van der Waals surface area contributed by atoms with Gasteiger partial charge in [-0.15, -0.1) is 11.8 Å². The number of esters is 1. The summed E-state index contributed by atoms with van der Waals surface area (Å²) in [6, 6.07) is 30.0. The highest BCUT2D eigenvalue weighted by Crippen LogP contribution is 2.50. The van der Waals surface area contributed by atoms with Crippen LogP contribution < -0.4 is 5.73 Å². The van der Waals surface area contributed by atoms with Crippen molar-refractivity contribution >= 4 is 24.0 Å². The molecule has 0 amide bonds. The highest BCUT2D eigenvalue weighted by atomic mass is 32.2. The summed E-state index contributed by atoms with van der Waals surface area (Å²) in [5, 5.41) is -0.831. The summed E-state index contributed by atoms with van der Waals surface area (Å²) in [5.41, 5.74) is 8.89. The van der Waals surface area contributed by atoms with Crippen LogP contribution in [-0.4, -0.2) is 23.2 Å². The smallest absolute Gasteiger partial charge is 0.319 e. The zero-order valence-corrected chi connectivity index (χ0v) is 19.4. The second-order valence-corrected chi connectivity index (χ2v) is 9.95. The highest BCUT2D eigenvalue weighted by molar-refractivity contribution is 8.01. The first-order chi connectivity index (χ1) is 15.3. The molecule has 32 heavy (non-hydrogen) atoms. The molecule has 3 rings (SSSR count). The molecule has 0 fully saturated rings. The van der Waals surface area contributed by atoms with Crippen molar-refractivity contribution in [2.45, 2.75) is 36.5 Å². The minimum Gasteiger partial charge on any atom is -0.459 e. The Labute approximate surface area is 194 Å². The van der Waals surface area contributed by atoms with Crippen LogP contribution in [0.25, 0.3) is 0 Å². The fourth-order valence-corrected chi connectivity index (χ4v) is 5.18. The fourth-order valence-electron chi connectivity index (χ4n) is 3.64. The second-order valence-electron chi connectivity index (χ2n) is 8.56. The van der Waals surface area contributed by atoms with Crippen molar-refractivity contribution in [1.82, 2.24) is 0 Å². The van der Waals surface area contributed by atoms with Crippen LogP contribution in [0.4, 0.5) is 0 Å². The zero-order valence-electron chi connectivity index (χ0n) is 18.6. The van der Waals surface area contributed by atoms with Crippen LogP contribution >= 0.6 is 11.8 Å². The van der Waals surface area contributed by atoms with Crippen molar-refractivity contribution in [1.29, 1.82) is 0 Å². The fraction of sp³-hybridized carbons (Fsp3) is 0.259. The normalized spacial score (nSPS) is 13.8. The van der Waals surface area contributed by atoms with Gasteiger partial charge in [0.2, 0.25) is 0 Å². The largest absolute Gasteiger partial charge is 0.459 e. The number of ether oxygens (including phenoxy) is 1. The lowest BCUT2D eigenvalue weighted by atomic mass is 9.84. The van der Waals surface area contributed by atoms with E-state index in [0.29, 0.717) is 6.29 Å². The van der Waals surface area contributed by atoms with E-state index in [9.17, 15) is 9.59 Å². The Morgan fingerprint density at radius 3 is 1.50 bits per heavy atom. The van der Waals surface area contributed by atoms with E-state index in [2.05, 4.69) is 0 Å². The third-order valence-corrected chi connectivity index (χ3v) is 6.66. The maximum atomic E-state index is 12.8. The van der Waals surface area contributed by atoms with Crippen molar-refractivity contribution in [2.75, 3.05) is 0 Å². The lowest BCUT2D eigenvalue weighted by Gasteiger charge is -2.38. The average molecular weight is 448 g/mol. The molecule has 3 aromatic rings. The number of rotatable bonds is 8. The summed E-state index contributed by atoms with van der Waals surface area (Å²) >= 11 is 1.38. The van der Waals surface area contributed by atoms with E-state index in [4.69, 9.17) is 10.5 Å². The van der Waals surface area contributed by atoms with Gasteiger partial charge in [0.25, 0.3) is 0 Å². The molecule has 0 aliphatic heterocycles. The Kier molecular flexibility index (Phi) is 7.54. The van der Waals surface area contributed by atoms with Gasteiger partial charge in [0.1, 0.15) is 17.8 Å². The number of aldehydes is 1. The topological polar surface area (TPSA) is 69.4 Å². The van der Waals surface area contributed by atoms with E-state index in [0.717, 1.165) is 16.7 Å². The van der Waals surface area contributed by atoms with E-state index in [1.54, 1.807) is 20.8 Å². The third kappa shape index (κ3) is 5.29. The van der Waals surface area contributed by atoms with Gasteiger partial charge in [-0.1, -0.05) is 91.0 Å². The molecule has 0 aliphatic carbocycles. The van der Waals surface area contributed by atoms with Gasteiger partial charge in [-0.25, -0.2) is 0 Å². The lowest BCUT2D eigenvalue weighted by Crippen LogP contribution is -2.42. The molecule has 2 atom stereocenters. The molecule has 4 nitrogen and oxygen atoms in total. The Morgan fingerprint density at radius 2 is 1.19 bits per heavy atom. The molecule has 0 saturated carbocycles. The predicted octanol–water partition coefficient (Wildman–Crippen LogP) is 5.15. The lowest BCUT2D eigenvalue weighted by molar-refractivity contribution is -0.160. The van der Waals surface area contributed by atoms with Crippen LogP contribution in [0.5, 0.6) is 0 Å². The molecule has 0 aromatic heterocycles. The van der Waals surface area contributed by atoms with Crippen LogP contribution in [0.3, 0.4) is 0 Å². The molecule has 2 unspecified atom stereocenters. The van der Waals surface area contributed by atoms with Gasteiger partial charge in [-0.2, -0.15) is 0 Å². The molecule has 0 aliphatic rings. The van der Waals surface area contributed by atoms with Gasteiger partial charge in [0.05, 0.1) is 10.1 Å². The summed E-state index contributed by atoms with van der Waals surface area (Å²) < 4.78 is 4.75. The average Bonchev–Trinajstić information content (AvgIpc) is 2.78. The van der Waals surface area contributed by atoms with Crippen LogP contribution in [0.1, 0.15) is 37.5 Å². The van der Waals surface area contributed by atoms with E-state index >= 15 is 0 Å². The standard InChI is InChI=1S/C27H29NO3S/c1-26(2,3)31-25(30)23(19-29)24(28)32-27(20-13-7-4-8-14-20,21-15-9-5-10-16-21)22-17-11-6-12-18-22/h4-19,23-24H,28H2,1-3H3. The van der Waals surface area contributed by atoms with Crippen LogP contribution in [0.15, 0.2) is 91.0 Å². The minimum atomic E-state index is -1.10. The second kappa shape index (κ2) is 10.2. The molecule has 0 spiro atoms. The molecule has 0 radical (unpaired) electrons. The maximum Gasteiger partial charge on any atom is 0.319 e.